The smallest absolute Gasteiger partial charge is 0.343 e. The van der Waals surface area contributed by atoms with E-state index in [4.69, 9.17) is 0 Å². The Bertz CT molecular complexity index is 772. The number of hydrogen-bond acceptors (Lipinski definition) is 3. The van der Waals surface area contributed by atoms with Crippen molar-refractivity contribution in [2.45, 2.75) is 13.1 Å². The number of benzene rings is 1. The first-order chi connectivity index (χ1) is 12.2. The van der Waals surface area contributed by atoms with E-state index in [-0.39, 0.29) is 11.5 Å². The zero-order chi connectivity index (χ0) is 19.3. The van der Waals surface area contributed by atoms with Gasteiger partial charge in [0.1, 0.15) is 6.54 Å². The lowest BCUT2D eigenvalue weighted by Crippen LogP contribution is -2.33. The van der Waals surface area contributed by atoms with Gasteiger partial charge in [0.25, 0.3) is 11.8 Å². The molecule has 0 unspecified atom stereocenters. The van der Waals surface area contributed by atoms with Crippen LogP contribution >= 0.6 is 0 Å². The van der Waals surface area contributed by atoms with Crippen LogP contribution in [0.15, 0.2) is 42.6 Å². The van der Waals surface area contributed by atoms with Crippen molar-refractivity contribution in [1.29, 1.82) is 0 Å². The molecule has 0 saturated carbocycles. The normalized spacial score (nSPS) is 11.1. The molecule has 0 aliphatic carbocycles. The molecule has 0 bridgehead atoms. The average molecular weight is 365 g/mol. The van der Waals surface area contributed by atoms with E-state index in [1.807, 2.05) is 12.2 Å². The van der Waals surface area contributed by atoms with Gasteiger partial charge in [0.15, 0.2) is 0 Å². The maximum atomic E-state index is 12.1. The van der Waals surface area contributed by atoms with E-state index in [2.05, 4.69) is 4.98 Å². The number of carbonyl (C=O) groups excluding carboxylic acids is 2. The number of rotatable bonds is 5. The standard InChI is InChI=1S/C18H18F3N3O2/c1-3-24(2)17(26)14-8-9-15(22-10-14)12-4-6-13(7-5-12)16(25)23-11-18(19,20)21/h4-10H,3,11H2,1-2H3,(H,23,25). The average Bonchev–Trinajstić information content (AvgIpc) is 2.64. The highest BCUT2D eigenvalue weighted by Gasteiger charge is 2.27. The molecule has 1 aromatic carbocycles. The highest BCUT2D eigenvalue weighted by molar-refractivity contribution is 5.95. The fraction of sp³-hybridized carbons (Fsp3) is 0.278. The van der Waals surface area contributed by atoms with Crippen LogP contribution in [0, 0.1) is 0 Å². The summed E-state index contributed by atoms with van der Waals surface area (Å²) in [5.74, 6) is -0.936. The zero-order valence-corrected chi connectivity index (χ0v) is 14.3. The maximum Gasteiger partial charge on any atom is 0.405 e. The predicted molar refractivity (Wildman–Crippen MR) is 90.7 cm³/mol. The van der Waals surface area contributed by atoms with E-state index in [9.17, 15) is 22.8 Å². The first-order valence-corrected chi connectivity index (χ1v) is 7.88. The molecule has 2 amide bonds. The Morgan fingerprint density at radius 3 is 2.19 bits per heavy atom. The van der Waals surface area contributed by atoms with E-state index in [1.54, 1.807) is 36.2 Å². The SMILES string of the molecule is CCN(C)C(=O)c1ccc(-c2ccc(C(=O)NCC(F)(F)F)cc2)nc1. The Morgan fingerprint density at radius 1 is 1.08 bits per heavy atom. The number of aromatic nitrogens is 1. The molecule has 8 heteroatoms. The molecule has 1 N–H and O–H groups in total. The molecule has 0 atom stereocenters. The van der Waals surface area contributed by atoms with Crippen LogP contribution in [0.4, 0.5) is 13.2 Å². The van der Waals surface area contributed by atoms with Crippen molar-refractivity contribution < 1.29 is 22.8 Å². The topological polar surface area (TPSA) is 62.3 Å². The molecule has 1 aromatic heterocycles. The van der Waals surface area contributed by atoms with Crippen molar-refractivity contribution >= 4 is 11.8 Å². The Balaban J connectivity index is 2.08. The van der Waals surface area contributed by atoms with Crippen molar-refractivity contribution in [3.8, 4) is 11.3 Å². The molecule has 0 aliphatic rings. The van der Waals surface area contributed by atoms with E-state index < -0.39 is 18.6 Å². The third kappa shape index (κ3) is 5.05. The third-order valence-electron chi connectivity index (χ3n) is 3.72. The predicted octanol–water partition coefficient (Wildman–Crippen LogP) is 3.13. The highest BCUT2D eigenvalue weighted by Crippen LogP contribution is 2.19. The van der Waals surface area contributed by atoms with Crippen molar-refractivity contribution in [2.75, 3.05) is 20.1 Å². The molecular formula is C18H18F3N3O2. The lowest BCUT2D eigenvalue weighted by atomic mass is 10.1. The summed E-state index contributed by atoms with van der Waals surface area (Å²) < 4.78 is 36.4. The Labute approximate surface area is 148 Å². The van der Waals surface area contributed by atoms with Gasteiger partial charge >= 0.3 is 6.18 Å². The fourth-order valence-corrected chi connectivity index (χ4v) is 2.13. The molecule has 0 saturated heterocycles. The summed E-state index contributed by atoms with van der Waals surface area (Å²) in [5, 5.41) is 1.81. The van der Waals surface area contributed by atoms with Crippen LogP contribution in [0.5, 0.6) is 0 Å². The zero-order valence-electron chi connectivity index (χ0n) is 14.3. The van der Waals surface area contributed by atoms with Gasteiger partial charge in [-0.15, -0.1) is 0 Å². The van der Waals surface area contributed by atoms with Crippen LogP contribution in [0.2, 0.25) is 0 Å². The lowest BCUT2D eigenvalue weighted by molar-refractivity contribution is -0.123. The summed E-state index contributed by atoms with van der Waals surface area (Å²) >= 11 is 0. The summed E-state index contributed by atoms with van der Waals surface area (Å²) in [7, 11) is 1.69. The molecule has 0 spiro atoms. The minimum Gasteiger partial charge on any atom is -0.343 e. The Kier molecular flexibility index (Phi) is 5.97. The fourth-order valence-electron chi connectivity index (χ4n) is 2.13. The number of halogens is 3. The number of nitrogens with zero attached hydrogens (tertiary/aromatic N) is 2. The van der Waals surface area contributed by atoms with Crippen LogP contribution in [0.25, 0.3) is 11.3 Å². The Morgan fingerprint density at radius 2 is 1.69 bits per heavy atom. The molecule has 1 heterocycles. The summed E-state index contributed by atoms with van der Waals surface area (Å²) in [6.07, 6.45) is -2.99. The van der Waals surface area contributed by atoms with Gasteiger partial charge < -0.3 is 10.2 Å². The summed E-state index contributed by atoms with van der Waals surface area (Å²) in [6, 6.07) is 9.35. The molecule has 0 fully saturated rings. The minimum absolute atomic E-state index is 0.120. The quantitative estimate of drug-likeness (QED) is 0.886. The molecule has 2 rings (SSSR count). The number of nitrogens with one attached hydrogen (secondary N) is 1. The van der Waals surface area contributed by atoms with Gasteiger partial charge in [-0.3, -0.25) is 14.6 Å². The highest BCUT2D eigenvalue weighted by atomic mass is 19.4. The second-order valence-corrected chi connectivity index (χ2v) is 5.63. The molecule has 0 aliphatic heterocycles. The number of pyridine rings is 1. The number of carbonyl (C=O) groups is 2. The number of amides is 2. The Hall–Kier alpha value is -2.90. The molecular weight excluding hydrogens is 347 g/mol. The summed E-state index contributed by atoms with van der Waals surface area (Å²) in [4.78, 5) is 29.5. The van der Waals surface area contributed by atoms with Gasteiger partial charge in [0.05, 0.1) is 11.3 Å². The number of alkyl halides is 3. The van der Waals surface area contributed by atoms with Crippen LogP contribution in [0.3, 0.4) is 0 Å². The van der Waals surface area contributed by atoms with Gasteiger partial charge in [-0.1, -0.05) is 12.1 Å². The largest absolute Gasteiger partial charge is 0.405 e. The van der Waals surface area contributed by atoms with Gasteiger partial charge in [-0.2, -0.15) is 13.2 Å². The monoisotopic (exact) mass is 365 g/mol. The minimum atomic E-state index is -4.45. The van der Waals surface area contributed by atoms with E-state index in [1.165, 1.54) is 18.3 Å². The second-order valence-electron chi connectivity index (χ2n) is 5.63. The van der Waals surface area contributed by atoms with Crippen LogP contribution < -0.4 is 5.32 Å². The maximum absolute atomic E-state index is 12.1. The van der Waals surface area contributed by atoms with E-state index in [0.29, 0.717) is 23.4 Å². The lowest BCUT2D eigenvalue weighted by Gasteiger charge is -2.14. The van der Waals surface area contributed by atoms with Crippen LogP contribution in [-0.2, 0) is 0 Å². The first-order valence-electron chi connectivity index (χ1n) is 7.88. The van der Waals surface area contributed by atoms with Gasteiger partial charge in [0.2, 0.25) is 0 Å². The first kappa shape index (κ1) is 19.4. The molecule has 26 heavy (non-hydrogen) atoms. The molecule has 138 valence electrons. The van der Waals surface area contributed by atoms with Gasteiger partial charge in [-0.25, -0.2) is 0 Å². The van der Waals surface area contributed by atoms with Crippen molar-refractivity contribution in [2.24, 2.45) is 0 Å². The summed E-state index contributed by atoms with van der Waals surface area (Å²) in [6.45, 7) is 1.07. The second kappa shape index (κ2) is 7.99. The summed E-state index contributed by atoms with van der Waals surface area (Å²) in [5.41, 5.74) is 1.85. The van der Waals surface area contributed by atoms with Crippen molar-refractivity contribution in [3.63, 3.8) is 0 Å². The number of hydrogen-bond donors (Lipinski definition) is 1. The van der Waals surface area contributed by atoms with E-state index >= 15 is 0 Å². The van der Waals surface area contributed by atoms with Crippen LogP contribution in [0.1, 0.15) is 27.6 Å². The third-order valence-corrected chi connectivity index (χ3v) is 3.72. The van der Waals surface area contributed by atoms with Gasteiger partial charge in [-0.05, 0) is 31.2 Å². The van der Waals surface area contributed by atoms with Gasteiger partial charge in [0, 0.05) is 30.9 Å². The van der Waals surface area contributed by atoms with Crippen molar-refractivity contribution in [3.05, 3.63) is 53.7 Å². The molecule has 0 radical (unpaired) electrons. The van der Waals surface area contributed by atoms with Crippen LogP contribution in [-0.4, -0.2) is 48.0 Å². The van der Waals surface area contributed by atoms with Crippen molar-refractivity contribution in [1.82, 2.24) is 15.2 Å². The molecule has 5 nitrogen and oxygen atoms in total. The molecule has 2 aromatic rings. The van der Waals surface area contributed by atoms with E-state index in [0.717, 1.165) is 0 Å².